The molecular weight excluding hydrogens is 282 g/mol. The molecule has 0 spiro atoms. The summed E-state index contributed by atoms with van der Waals surface area (Å²) in [4.78, 5) is 4.45. The fraction of sp³-hybridized carbons (Fsp3) is 0.333. The summed E-state index contributed by atoms with van der Waals surface area (Å²) in [5.74, 6) is 1.30. The maximum absolute atomic E-state index is 5.74. The molecule has 1 aromatic heterocycles. The van der Waals surface area contributed by atoms with Crippen molar-refractivity contribution in [2.45, 2.75) is 18.3 Å². The van der Waals surface area contributed by atoms with E-state index in [0.29, 0.717) is 18.3 Å². The second-order valence-corrected chi connectivity index (χ2v) is 5.33. The zero-order valence-electron chi connectivity index (χ0n) is 9.19. The lowest BCUT2D eigenvalue weighted by Gasteiger charge is -2.03. The Hall–Kier alpha value is -1.20. The lowest BCUT2D eigenvalue weighted by atomic mass is 10.1. The molecule has 0 unspecified atom stereocenters. The van der Waals surface area contributed by atoms with E-state index in [0.717, 1.165) is 22.9 Å². The lowest BCUT2D eigenvalue weighted by molar-refractivity contribution is 0.347. The van der Waals surface area contributed by atoms with E-state index < -0.39 is 0 Å². The Morgan fingerprint density at radius 1 is 1.41 bits per heavy atom. The third kappa shape index (κ3) is 1.89. The van der Waals surface area contributed by atoms with Crippen LogP contribution in [0.2, 0.25) is 0 Å². The molecule has 0 saturated heterocycles. The topological polar surface area (TPSA) is 64.9 Å². The van der Waals surface area contributed by atoms with Crippen LogP contribution in [0.25, 0.3) is 11.4 Å². The molecule has 0 aliphatic heterocycles. The molecule has 4 nitrogen and oxygen atoms in total. The summed E-state index contributed by atoms with van der Waals surface area (Å²) in [6.07, 6.45) is 2.09. The molecule has 0 bridgehead atoms. The average molecular weight is 294 g/mol. The number of aromatic nitrogens is 2. The molecule has 0 atom stereocenters. The minimum absolute atomic E-state index is 0.0444. The number of halogens is 1. The second-order valence-electron chi connectivity index (χ2n) is 4.42. The first kappa shape index (κ1) is 10.9. The van der Waals surface area contributed by atoms with E-state index >= 15 is 0 Å². The monoisotopic (exact) mass is 293 g/mol. The van der Waals surface area contributed by atoms with Gasteiger partial charge in [0, 0.05) is 16.6 Å². The van der Waals surface area contributed by atoms with Crippen LogP contribution in [0.15, 0.2) is 33.3 Å². The van der Waals surface area contributed by atoms with Gasteiger partial charge in [-0.05, 0) is 25.0 Å². The Morgan fingerprint density at radius 2 is 2.24 bits per heavy atom. The predicted molar refractivity (Wildman–Crippen MR) is 67.4 cm³/mol. The van der Waals surface area contributed by atoms with E-state index in [-0.39, 0.29) is 5.41 Å². The summed E-state index contributed by atoms with van der Waals surface area (Å²) in [5, 5.41) is 4.02. The number of nitrogens with two attached hydrogens (primary N) is 1. The van der Waals surface area contributed by atoms with Crippen LogP contribution in [0.4, 0.5) is 0 Å². The van der Waals surface area contributed by atoms with Gasteiger partial charge in [0.25, 0.3) is 0 Å². The molecule has 2 aromatic rings. The van der Waals surface area contributed by atoms with Gasteiger partial charge in [0.15, 0.2) is 0 Å². The molecule has 5 heteroatoms. The molecule has 0 radical (unpaired) electrons. The van der Waals surface area contributed by atoms with Crippen LogP contribution in [-0.2, 0) is 5.41 Å². The highest BCUT2D eigenvalue weighted by molar-refractivity contribution is 9.10. The number of hydrogen-bond acceptors (Lipinski definition) is 4. The highest BCUT2D eigenvalue weighted by Crippen LogP contribution is 2.46. The van der Waals surface area contributed by atoms with E-state index in [9.17, 15) is 0 Å². The molecule has 2 N–H and O–H groups in total. The second kappa shape index (κ2) is 3.92. The molecule has 1 saturated carbocycles. The smallest absolute Gasteiger partial charge is 0.234 e. The standard InChI is InChI=1S/C12H12BrN3O/c13-9-3-1-2-8(6-9)10-15-11(17-16-10)12(7-14)4-5-12/h1-3,6H,4-5,7,14H2. The largest absolute Gasteiger partial charge is 0.338 e. The van der Waals surface area contributed by atoms with Gasteiger partial charge >= 0.3 is 0 Å². The Bertz CT molecular complexity index is 548. The maximum atomic E-state index is 5.74. The maximum Gasteiger partial charge on any atom is 0.234 e. The summed E-state index contributed by atoms with van der Waals surface area (Å²) < 4.78 is 6.32. The van der Waals surface area contributed by atoms with E-state index in [1.807, 2.05) is 24.3 Å². The Kier molecular flexibility index (Phi) is 2.52. The van der Waals surface area contributed by atoms with E-state index in [1.54, 1.807) is 0 Å². The SMILES string of the molecule is NCC1(c2nc(-c3cccc(Br)c3)no2)CC1. The van der Waals surface area contributed by atoms with Gasteiger partial charge in [0.05, 0.1) is 5.41 Å². The summed E-state index contributed by atoms with van der Waals surface area (Å²) in [6.45, 7) is 0.577. The van der Waals surface area contributed by atoms with Crippen molar-refractivity contribution in [3.05, 3.63) is 34.6 Å². The summed E-state index contributed by atoms with van der Waals surface area (Å²) in [7, 11) is 0. The van der Waals surface area contributed by atoms with Crippen LogP contribution in [0, 0.1) is 0 Å². The van der Waals surface area contributed by atoms with Crippen molar-refractivity contribution in [1.29, 1.82) is 0 Å². The van der Waals surface area contributed by atoms with Gasteiger partial charge < -0.3 is 10.3 Å². The van der Waals surface area contributed by atoms with Crippen LogP contribution in [0.1, 0.15) is 18.7 Å². The van der Waals surface area contributed by atoms with Gasteiger partial charge in [-0.15, -0.1) is 0 Å². The van der Waals surface area contributed by atoms with Gasteiger partial charge in [-0.2, -0.15) is 4.98 Å². The molecule has 1 heterocycles. The minimum Gasteiger partial charge on any atom is -0.338 e. The molecule has 1 aromatic carbocycles. The van der Waals surface area contributed by atoms with Crippen molar-refractivity contribution in [3.63, 3.8) is 0 Å². The van der Waals surface area contributed by atoms with Crippen LogP contribution in [0.5, 0.6) is 0 Å². The van der Waals surface area contributed by atoms with Gasteiger partial charge in [-0.25, -0.2) is 0 Å². The van der Waals surface area contributed by atoms with E-state index in [2.05, 4.69) is 26.1 Å². The molecule has 0 amide bonds. The third-order valence-corrected chi connectivity index (χ3v) is 3.70. The highest BCUT2D eigenvalue weighted by atomic mass is 79.9. The fourth-order valence-corrected chi connectivity index (χ4v) is 2.24. The fourth-order valence-electron chi connectivity index (χ4n) is 1.84. The van der Waals surface area contributed by atoms with E-state index in [4.69, 9.17) is 10.3 Å². The molecule has 3 rings (SSSR count). The van der Waals surface area contributed by atoms with Crippen LogP contribution < -0.4 is 5.73 Å². The number of hydrogen-bond donors (Lipinski definition) is 1. The van der Waals surface area contributed by atoms with Crippen molar-refractivity contribution in [2.75, 3.05) is 6.54 Å². The number of benzene rings is 1. The normalized spacial score (nSPS) is 17.1. The number of rotatable bonds is 3. The first-order valence-corrected chi connectivity index (χ1v) is 6.33. The van der Waals surface area contributed by atoms with Gasteiger partial charge in [-0.3, -0.25) is 0 Å². The van der Waals surface area contributed by atoms with Gasteiger partial charge in [0.2, 0.25) is 11.7 Å². The molecule has 1 aliphatic rings. The molecular formula is C12H12BrN3O. The first-order valence-electron chi connectivity index (χ1n) is 5.54. The molecule has 88 valence electrons. The Balaban J connectivity index is 1.95. The molecule has 17 heavy (non-hydrogen) atoms. The van der Waals surface area contributed by atoms with Crippen molar-refractivity contribution < 1.29 is 4.52 Å². The Morgan fingerprint density at radius 3 is 2.88 bits per heavy atom. The first-order chi connectivity index (χ1) is 8.23. The van der Waals surface area contributed by atoms with Gasteiger partial charge in [-0.1, -0.05) is 33.2 Å². The van der Waals surface area contributed by atoms with E-state index in [1.165, 1.54) is 0 Å². The molecule has 1 fully saturated rings. The van der Waals surface area contributed by atoms with Crippen molar-refractivity contribution in [2.24, 2.45) is 5.73 Å². The van der Waals surface area contributed by atoms with Crippen LogP contribution >= 0.6 is 15.9 Å². The zero-order chi connectivity index (χ0) is 11.9. The highest BCUT2D eigenvalue weighted by Gasteiger charge is 2.48. The quantitative estimate of drug-likeness (QED) is 0.944. The average Bonchev–Trinajstić information content (AvgIpc) is 2.99. The van der Waals surface area contributed by atoms with Crippen molar-refractivity contribution in [1.82, 2.24) is 10.1 Å². The Labute approximate surface area is 107 Å². The minimum atomic E-state index is -0.0444. The van der Waals surface area contributed by atoms with Gasteiger partial charge in [0.1, 0.15) is 0 Å². The number of nitrogens with zero attached hydrogens (tertiary/aromatic N) is 2. The lowest BCUT2D eigenvalue weighted by Crippen LogP contribution is -2.19. The summed E-state index contributed by atoms with van der Waals surface area (Å²) in [5.41, 5.74) is 6.64. The predicted octanol–water partition coefficient (Wildman–Crippen LogP) is 2.49. The van der Waals surface area contributed by atoms with Crippen LogP contribution in [-0.4, -0.2) is 16.7 Å². The van der Waals surface area contributed by atoms with Crippen molar-refractivity contribution >= 4 is 15.9 Å². The summed E-state index contributed by atoms with van der Waals surface area (Å²) >= 11 is 3.43. The molecule has 1 aliphatic carbocycles. The zero-order valence-corrected chi connectivity index (χ0v) is 10.8. The van der Waals surface area contributed by atoms with Crippen LogP contribution in [0.3, 0.4) is 0 Å². The van der Waals surface area contributed by atoms with Crippen molar-refractivity contribution in [3.8, 4) is 11.4 Å². The summed E-state index contributed by atoms with van der Waals surface area (Å²) in [6, 6.07) is 7.84. The third-order valence-electron chi connectivity index (χ3n) is 3.21.